The summed E-state index contributed by atoms with van der Waals surface area (Å²) in [5.74, 6) is 0.0543. The van der Waals surface area contributed by atoms with Crippen molar-refractivity contribution in [3.63, 3.8) is 0 Å². The number of thioether (sulfide) groups is 1. The lowest BCUT2D eigenvalue weighted by atomic mass is 10.2. The summed E-state index contributed by atoms with van der Waals surface area (Å²) >= 11 is 9.98. The van der Waals surface area contributed by atoms with Gasteiger partial charge in [-0.25, -0.2) is 0 Å². The molecule has 6 nitrogen and oxygen atoms in total. The van der Waals surface area contributed by atoms with Crippen LogP contribution in [0.4, 0.5) is 10.5 Å². The molecule has 0 spiro atoms. The first-order valence-corrected chi connectivity index (χ1v) is 11.0. The summed E-state index contributed by atoms with van der Waals surface area (Å²) in [6.45, 7) is -0.382. The third-order valence-electron chi connectivity index (χ3n) is 4.33. The van der Waals surface area contributed by atoms with Crippen LogP contribution >= 0.6 is 39.3 Å². The number of nitrogens with one attached hydrogen (secondary N) is 1. The summed E-state index contributed by atoms with van der Waals surface area (Å²) in [5.41, 5.74) is 1.41. The second-order valence-corrected chi connectivity index (χ2v) is 8.88. The Hall–Kier alpha value is -2.81. The summed E-state index contributed by atoms with van der Waals surface area (Å²) in [5, 5.41) is 2.66. The van der Waals surface area contributed by atoms with Crippen molar-refractivity contribution in [2.45, 2.75) is 0 Å². The third-order valence-corrected chi connectivity index (χ3v) is 6.02. The Morgan fingerprint density at radius 3 is 2.48 bits per heavy atom. The highest BCUT2D eigenvalue weighted by Gasteiger charge is 2.36. The fourth-order valence-electron chi connectivity index (χ4n) is 2.84. The number of anilines is 1. The van der Waals surface area contributed by atoms with Gasteiger partial charge in [-0.2, -0.15) is 0 Å². The van der Waals surface area contributed by atoms with E-state index in [1.165, 1.54) is 6.08 Å². The molecule has 0 saturated carbocycles. The minimum Gasteiger partial charge on any atom is -0.457 e. The molecule has 1 aliphatic rings. The van der Waals surface area contributed by atoms with E-state index in [9.17, 15) is 14.4 Å². The van der Waals surface area contributed by atoms with Crippen molar-refractivity contribution in [1.82, 2.24) is 4.90 Å². The van der Waals surface area contributed by atoms with Gasteiger partial charge in [-0.1, -0.05) is 39.7 Å². The second kappa shape index (κ2) is 9.13. The van der Waals surface area contributed by atoms with Crippen molar-refractivity contribution in [3.8, 4) is 11.3 Å². The summed E-state index contributed by atoms with van der Waals surface area (Å²) in [6, 6.07) is 17.6. The molecule has 1 saturated heterocycles. The molecule has 31 heavy (non-hydrogen) atoms. The molecule has 156 valence electrons. The monoisotopic (exact) mass is 516 g/mol. The number of hydrogen-bond donors (Lipinski definition) is 1. The van der Waals surface area contributed by atoms with Gasteiger partial charge < -0.3 is 9.73 Å². The summed E-state index contributed by atoms with van der Waals surface area (Å²) in [7, 11) is 0. The maximum Gasteiger partial charge on any atom is 0.294 e. The highest BCUT2D eigenvalue weighted by atomic mass is 79.9. The molecule has 0 aliphatic carbocycles. The van der Waals surface area contributed by atoms with Gasteiger partial charge in [0.15, 0.2) is 0 Å². The molecule has 1 N–H and O–H groups in total. The highest BCUT2D eigenvalue weighted by molar-refractivity contribution is 9.10. The van der Waals surface area contributed by atoms with Crippen LogP contribution in [0.2, 0.25) is 5.02 Å². The number of rotatable bonds is 5. The fourth-order valence-corrected chi connectivity index (χ4v) is 4.05. The van der Waals surface area contributed by atoms with Gasteiger partial charge in [0.25, 0.3) is 11.1 Å². The molecule has 0 unspecified atom stereocenters. The number of benzene rings is 2. The van der Waals surface area contributed by atoms with Crippen LogP contribution in [0.5, 0.6) is 0 Å². The normalized spacial score (nSPS) is 15.0. The van der Waals surface area contributed by atoms with Crippen molar-refractivity contribution in [3.05, 3.63) is 80.8 Å². The van der Waals surface area contributed by atoms with Crippen LogP contribution < -0.4 is 5.32 Å². The Labute approximate surface area is 195 Å². The number of hydrogen-bond acceptors (Lipinski definition) is 5. The molecule has 1 aliphatic heterocycles. The first-order chi connectivity index (χ1) is 14.9. The van der Waals surface area contributed by atoms with Gasteiger partial charge in [0.05, 0.1) is 4.91 Å². The lowest BCUT2D eigenvalue weighted by Gasteiger charge is -2.12. The van der Waals surface area contributed by atoms with E-state index < -0.39 is 17.1 Å². The molecule has 3 aromatic rings. The van der Waals surface area contributed by atoms with Crippen LogP contribution in [0.15, 0.2) is 74.5 Å². The summed E-state index contributed by atoms with van der Waals surface area (Å²) < 4.78 is 6.74. The van der Waals surface area contributed by atoms with Gasteiger partial charge in [0.2, 0.25) is 5.91 Å². The molecule has 0 radical (unpaired) electrons. The van der Waals surface area contributed by atoms with Gasteiger partial charge in [-0.3, -0.25) is 19.3 Å². The molecule has 4 rings (SSSR count). The quantitative estimate of drug-likeness (QED) is 0.418. The minimum absolute atomic E-state index is 0.195. The molecule has 2 heterocycles. The van der Waals surface area contributed by atoms with Crippen LogP contribution in [-0.4, -0.2) is 28.5 Å². The Bertz CT molecular complexity index is 1190. The van der Waals surface area contributed by atoms with Crippen LogP contribution in [0, 0.1) is 0 Å². The number of amides is 3. The number of nitrogens with zero attached hydrogens (tertiary/aromatic N) is 1. The van der Waals surface area contributed by atoms with E-state index in [0.717, 1.165) is 26.7 Å². The van der Waals surface area contributed by atoms with Crippen molar-refractivity contribution in [1.29, 1.82) is 0 Å². The van der Waals surface area contributed by atoms with Crippen molar-refractivity contribution in [2.24, 2.45) is 0 Å². The Balaban J connectivity index is 1.44. The fraction of sp³-hybridized carbons (Fsp3) is 0.0455. The predicted octanol–water partition coefficient (Wildman–Crippen LogP) is 6.04. The van der Waals surface area contributed by atoms with Gasteiger partial charge >= 0.3 is 0 Å². The van der Waals surface area contributed by atoms with Crippen LogP contribution in [0.1, 0.15) is 5.76 Å². The van der Waals surface area contributed by atoms with E-state index in [2.05, 4.69) is 21.2 Å². The van der Waals surface area contributed by atoms with E-state index in [4.69, 9.17) is 16.0 Å². The largest absolute Gasteiger partial charge is 0.457 e. The Kier molecular flexibility index (Phi) is 6.31. The lowest BCUT2D eigenvalue weighted by Crippen LogP contribution is -2.36. The standard InChI is InChI=1S/C22H14BrClN2O4S/c23-14-3-1-13(2-4-14)18-10-9-17(30-18)11-19-21(28)26(22(29)31-19)12-20(27)25-16-7-5-15(24)6-8-16/h1-11H,12H2,(H,25,27)/b19-11+. The topological polar surface area (TPSA) is 79.6 Å². The molecule has 1 aromatic heterocycles. The van der Waals surface area contributed by atoms with Crippen molar-refractivity contribution >= 4 is 68.1 Å². The van der Waals surface area contributed by atoms with Gasteiger partial charge in [-0.05, 0) is 60.3 Å². The first-order valence-electron chi connectivity index (χ1n) is 9.05. The Morgan fingerprint density at radius 1 is 1.06 bits per heavy atom. The number of halogens is 2. The van der Waals surface area contributed by atoms with Gasteiger partial charge in [0.1, 0.15) is 18.1 Å². The SMILES string of the molecule is O=C(CN1C(=O)S/C(=C/c2ccc(-c3ccc(Br)cc3)o2)C1=O)Nc1ccc(Cl)cc1. The number of carbonyl (C=O) groups is 3. The van der Waals surface area contributed by atoms with E-state index in [1.54, 1.807) is 36.4 Å². The molecule has 2 aromatic carbocycles. The zero-order valence-electron chi connectivity index (χ0n) is 15.8. The van der Waals surface area contributed by atoms with Crippen molar-refractivity contribution < 1.29 is 18.8 Å². The summed E-state index contributed by atoms with van der Waals surface area (Å²) in [6.07, 6.45) is 1.50. The predicted molar refractivity (Wildman–Crippen MR) is 125 cm³/mol. The second-order valence-electron chi connectivity index (χ2n) is 6.53. The number of carbonyl (C=O) groups excluding carboxylic acids is 3. The maximum atomic E-state index is 12.6. The van der Waals surface area contributed by atoms with E-state index in [1.807, 2.05) is 24.3 Å². The van der Waals surface area contributed by atoms with E-state index in [0.29, 0.717) is 22.2 Å². The van der Waals surface area contributed by atoms with E-state index >= 15 is 0 Å². The van der Waals surface area contributed by atoms with Gasteiger partial charge in [-0.15, -0.1) is 0 Å². The zero-order chi connectivity index (χ0) is 22.0. The minimum atomic E-state index is -0.539. The van der Waals surface area contributed by atoms with Crippen LogP contribution in [-0.2, 0) is 9.59 Å². The maximum absolute atomic E-state index is 12.6. The average molecular weight is 518 g/mol. The smallest absolute Gasteiger partial charge is 0.294 e. The molecular formula is C22H14BrClN2O4S. The Morgan fingerprint density at radius 2 is 1.77 bits per heavy atom. The van der Waals surface area contributed by atoms with Crippen molar-refractivity contribution in [2.75, 3.05) is 11.9 Å². The molecule has 1 fully saturated rings. The van der Waals surface area contributed by atoms with E-state index in [-0.39, 0.29) is 11.4 Å². The average Bonchev–Trinajstić information content (AvgIpc) is 3.31. The van der Waals surface area contributed by atoms with Gasteiger partial charge in [0, 0.05) is 26.8 Å². The molecule has 0 atom stereocenters. The summed E-state index contributed by atoms with van der Waals surface area (Å²) in [4.78, 5) is 38.3. The highest BCUT2D eigenvalue weighted by Crippen LogP contribution is 2.33. The third kappa shape index (κ3) is 5.10. The first kappa shape index (κ1) is 21.4. The number of furan rings is 1. The molecule has 0 bridgehead atoms. The van der Waals surface area contributed by atoms with Crippen LogP contribution in [0.25, 0.3) is 17.4 Å². The number of imide groups is 1. The molecular weight excluding hydrogens is 504 g/mol. The zero-order valence-corrected chi connectivity index (χ0v) is 19.0. The lowest BCUT2D eigenvalue weighted by molar-refractivity contribution is -0.127. The molecule has 9 heteroatoms. The van der Waals surface area contributed by atoms with Crippen LogP contribution in [0.3, 0.4) is 0 Å². The molecule has 3 amide bonds.